The first-order valence-corrected chi connectivity index (χ1v) is 8.61. The lowest BCUT2D eigenvalue weighted by Gasteiger charge is -2.07. The smallest absolute Gasteiger partial charge is 0.274 e. The lowest BCUT2D eigenvalue weighted by atomic mass is 10.1. The Morgan fingerprint density at radius 3 is 2.59 bits per heavy atom. The molecular weight excluding hydrogens is 344 g/mol. The van der Waals surface area contributed by atoms with Crippen LogP contribution >= 0.6 is 0 Å². The molecule has 1 aromatic heterocycles. The number of aromatic nitrogens is 3. The molecule has 3 aromatic rings. The molecule has 0 aliphatic heterocycles. The van der Waals surface area contributed by atoms with Crippen molar-refractivity contribution in [1.82, 2.24) is 15.2 Å². The van der Waals surface area contributed by atoms with Crippen molar-refractivity contribution in [3.8, 4) is 5.75 Å². The Morgan fingerprint density at radius 2 is 1.93 bits per heavy atom. The van der Waals surface area contributed by atoms with Crippen molar-refractivity contribution in [1.29, 1.82) is 0 Å². The average Bonchev–Trinajstić information content (AvgIpc) is 2.66. The van der Waals surface area contributed by atoms with Gasteiger partial charge in [0.2, 0.25) is 5.95 Å². The Hall–Kier alpha value is -3.48. The van der Waals surface area contributed by atoms with Crippen molar-refractivity contribution in [2.24, 2.45) is 0 Å². The molecule has 27 heavy (non-hydrogen) atoms. The molecule has 2 N–H and O–H groups in total. The fourth-order valence-electron chi connectivity index (χ4n) is 2.55. The van der Waals surface area contributed by atoms with E-state index in [1.54, 1.807) is 24.3 Å². The molecule has 0 saturated heterocycles. The highest BCUT2D eigenvalue weighted by Crippen LogP contribution is 2.15. The van der Waals surface area contributed by atoms with Crippen molar-refractivity contribution in [3.63, 3.8) is 0 Å². The van der Waals surface area contributed by atoms with Crippen LogP contribution in [0.4, 0.5) is 11.6 Å². The molecule has 0 aliphatic carbocycles. The van der Waals surface area contributed by atoms with Crippen LogP contribution in [-0.2, 0) is 6.42 Å². The topological polar surface area (TPSA) is 97.0 Å². The van der Waals surface area contributed by atoms with Crippen LogP contribution in [0, 0.1) is 0 Å². The first-order chi connectivity index (χ1) is 13.0. The Kier molecular flexibility index (Phi) is 5.61. The molecule has 0 atom stereocenters. The minimum absolute atomic E-state index is 0.0380. The van der Waals surface area contributed by atoms with Gasteiger partial charge in [-0.15, -0.1) is 10.2 Å². The lowest BCUT2D eigenvalue weighted by molar-refractivity contribution is 0.101. The van der Waals surface area contributed by atoms with E-state index in [-0.39, 0.29) is 17.3 Å². The summed E-state index contributed by atoms with van der Waals surface area (Å²) in [5.74, 6) is 0.966. The van der Waals surface area contributed by atoms with Gasteiger partial charge in [0.15, 0.2) is 5.78 Å². The highest BCUT2D eigenvalue weighted by molar-refractivity contribution is 5.95. The van der Waals surface area contributed by atoms with Crippen LogP contribution in [0.2, 0.25) is 0 Å². The third-order valence-electron chi connectivity index (χ3n) is 3.90. The fraction of sp³-hybridized carbons (Fsp3) is 0.200. The predicted molar refractivity (Wildman–Crippen MR) is 103 cm³/mol. The van der Waals surface area contributed by atoms with Gasteiger partial charge in [0.1, 0.15) is 11.4 Å². The number of Topliss-reactive ketones (excluding diaryl/α,β-unsaturated/α-hetero) is 1. The number of ketones is 1. The highest BCUT2D eigenvalue weighted by atomic mass is 16.5. The number of rotatable bonds is 7. The van der Waals surface area contributed by atoms with Gasteiger partial charge in [-0.05, 0) is 43.7 Å². The van der Waals surface area contributed by atoms with E-state index in [2.05, 4.69) is 20.5 Å². The SMILES string of the molecule is CCOc1ccc(Cc2nnc(Nc3cccc(C(C)=O)c3)[nH]c2=O)cc1. The van der Waals surface area contributed by atoms with Crippen molar-refractivity contribution >= 4 is 17.4 Å². The summed E-state index contributed by atoms with van der Waals surface area (Å²) in [5, 5.41) is 11.0. The molecule has 0 fully saturated rings. The van der Waals surface area contributed by atoms with Crippen molar-refractivity contribution < 1.29 is 9.53 Å². The molecule has 7 heteroatoms. The Bertz CT molecular complexity index is 997. The summed E-state index contributed by atoms with van der Waals surface area (Å²) in [7, 11) is 0. The van der Waals surface area contributed by atoms with Crippen LogP contribution in [0.25, 0.3) is 0 Å². The third-order valence-corrected chi connectivity index (χ3v) is 3.90. The van der Waals surface area contributed by atoms with Crippen LogP contribution in [0.3, 0.4) is 0 Å². The summed E-state index contributed by atoms with van der Waals surface area (Å²) in [5.41, 5.74) is 2.16. The summed E-state index contributed by atoms with van der Waals surface area (Å²) in [4.78, 5) is 26.4. The number of benzene rings is 2. The second kappa shape index (κ2) is 8.27. The van der Waals surface area contributed by atoms with E-state index in [0.29, 0.717) is 30.0 Å². The Morgan fingerprint density at radius 1 is 1.15 bits per heavy atom. The number of ether oxygens (including phenoxy) is 1. The largest absolute Gasteiger partial charge is 0.494 e. The molecule has 0 radical (unpaired) electrons. The van der Waals surface area contributed by atoms with Crippen molar-refractivity contribution in [2.75, 3.05) is 11.9 Å². The van der Waals surface area contributed by atoms with E-state index in [9.17, 15) is 9.59 Å². The maximum Gasteiger partial charge on any atom is 0.274 e. The minimum Gasteiger partial charge on any atom is -0.494 e. The zero-order valence-corrected chi connectivity index (χ0v) is 15.2. The number of hydrogen-bond donors (Lipinski definition) is 2. The Labute approximate surface area is 156 Å². The van der Waals surface area contributed by atoms with E-state index in [4.69, 9.17) is 4.74 Å². The summed E-state index contributed by atoms with van der Waals surface area (Å²) < 4.78 is 5.40. The van der Waals surface area contributed by atoms with Gasteiger partial charge in [0.25, 0.3) is 5.56 Å². The van der Waals surface area contributed by atoms with Crippen molar-refractivity contribution in [2.45, 2.75) is 20.3 Å². The molecule has 3 rings (SSSR count). The first-order valence-electron chi connectivity index (χ1n) is 8.61. The summed E-state index contributed by atoms with van der Waals surface area (Å²) in [6.07, 6.45) is 0.370. The molecule has 0 amide bonds. The second-order valence-electron chi connectivity index (χ2n) is 5.97. The van der Waals surface area contributed by atoms with Gasteiger partial charge >= 0.3 is 0 Å². The zero-order chi connectivity index (χ0) is 19.2. The number of hydrogen-bond acceptors (Lipinski definition) is 6. The van der Waals surface area contributed by atoms with Gasteiger partial charge in [-0.3, -0.25) is 14.6 Å². The first kappa shape index (κ1) is 18.3. The molecule has 7 nitrogen and oxygen atoms in total. The standard InChI is InChI=1S/C20H20N4O3/c1-3-27-17-9-7-14(8-10-17)11-18-19(26)22-20(24-23-18)21-16-6-4-5-15(12-16)13(2)25/h4-10,12H,3,11H2,1-2H3,(H2,21,22,24,26). The molecule has 1 heterocycles. The van der Waals surface area contributed by atoms with Gasteiger partial charge < -0.3 is 10.1 Å². The number of anilines is 2. The van der Waals surface area contributed by atoms with Crippen LogP contribution < -0.4 is 15.6 Å². The molecular formula is C20H20N4O3. The summed E-state index contributed by atoms with van der Waals surface area (Å²) in [6, 6.07) is 14.5. The van der Waals surface area contributed by atoms with Gasteiger partial charge in [-0.1, -0.05) is 24.3 Å². The van der Waals surface area contributed by atoms with Gasteiger partial charge in [0.05, 0.1) is 6.61 Å². The number of H-pyrrole nitrogens is 1. The van der Waals surface area contributed by atoms with E-state index < -0.39 is 0 Å². The maximum absolute atomic E-state index is 12.3. The number of nitrogens with zero attached hydrogens (tertiary/aromatic N) is 2. The van der Waals surface area contributed by atoms with Gasteiger partial charge in [-0.2, -0.15) is 0 Å². The summed E-state index contributed by atoms with van der Waals surface area (Å²) >= 11 is 0. The van der Waals surface area contributed by atoms with Gasteiger partial charge in [-0.25, -0.2) is 0 Å². The maximum atomic E-state index is 12.3. The van der Waals surface area contributed by atoms with E-state index in [1.807, 2.05) is 31.2 Å². The van der Waals surface area contributed by atoms with Crippen LogP contribution in [-0.4, -0.2) is 27.6 Å². The number of carbonyl (C=O) groups is 1. The quantitative estimate of drug-likeness (QED) is 0.625. The predicted octanol–water partition coefficient (Wildman–Crippen LogP) is 3.10. The van der Waals surface area contributed by atoms with Crippen LogP contribution in [0.15, 0.2) is 53.3 Å². The molecule has 138 valence electrons. The molecule has 0 spiro atoms. The second-order valence-corrected chi connectivity index (χ2v) is 5.97. The van der Waals surface area contributed by atoms with E-state index in [0.717, 1.165) is 11.3 Å². The monoisotopic (exact) mass is 364 g/mol. The summed E-state index contributed by atoms with van der Waals surface area (Å²) in [6.45, 7) is 4.03. The van der Waals surface area contributed by atoms with Crippen LogP contribution in [0.5, 0.6) is 5.75 Å². The molecule has 0 saturated carbocycles. The molecule has 0 aliphatic rings. The molecule has 0 bridgehead atoms. The Balaban J connectivity index is 1.73. The number of aromatic amines is 1. The zero-order valence-electron chi connectivity index (χ0n) is 15.2. The molecule has 2 aromatic carbocycles. The fourth-order valence-corrected chi connectivity index (χ4v) is 2.55. The normalized spacial score (nSPS) is 10.4. The van der Waals surface area contributed by atoms with E-state index >= 15 is 0 Å². The molecule has 0 unspecified atom stereocenters. The van der Waals surface area contributed by atoms with Gasteiger partial charge in [0, 0.05) is 17.7 Å². The third kappa shape index (κ3) is 4.78. The highest BCUT2D eigenvalue weighted by Gasteiger charge is 2.08. The van der Waals surface area contributed by atoms with E-state index in [1.165, 1.54) is 6.92 Å². The van der Waals surface area contributed by atoms with Crippen molar-refractivity contribution in [3.05, 3.63) is 75.7 Å². The average molecular weight is 364 g/mol. The minimum atomic E-state index is -0.316. The lowest BCUT2D eigenvalue weighted by Crippen LogP contribution is -2.18. The number of carbonyl (C=O) groups excluding carboxylic acids is 1. The number of nitrogens with one attached hydrogen (secondary N) is 2. The van der Waals surface area contributed by atoms with Crippen LogP contribution in [0.1, 0.15) is 35.5 Å².